The van der Waals surface area contributed by atoms with Crippen molar-refractivity contribution in [2.45, 2.75) is 30.6 Å². The summed E-state index contributed by atoms with van der Waals surface area (Å²) < 4.78 is 11.9. The highest BCUT2D eigenvalue weighted by Gasteiger charge is 2.43. The van der Waals surface area contributed by atoms with Crippen LogP contribution in [-0.4, -0.2) is 57.6 Å². The molecule has 1 saturated heterocycles. The first-order valence-electron chi connectivity index (χ1n) is 6.93. The lowest BCUT2D eigenvalue weighted by atomic mass is 9.98. The number of aliphatic hydroxyl groups is 3. The van der Waals surface area contributed by atoms with Gasteiger partial charge in [-0.25, -0.2) is 0 Å². The van der Waals surface area contributed by atoms with E-state index in [1.165, 1.54) is 0 Å². The van der Waals surface area contributed by atoms with E-state index in [1.54, 1.807) is 12.3 Å². The molecular formula is C14H16BrClN2O5. The standard InChI is InChI=1S/C14H16BrClN2O5/c15-5-1-2-6-9(10(5)16)7(3-18-6)22-14-11(17)13(21)12(20)8(4-19)23-14/h1-3,8,11-14,18-21H,4,17H2/t8-,11-,12-,13-,14-/m1/s1. The first-order valence-corrected chi connectivity index (χ1v) is 8.11. The van der Waals surface area contributed by atoms with Crippen molar-refractivity contribution in [1.82, 2.24) is 4.98 Å². The molecule has 6 N–H and O–H groups in total. The van der Waals surface area contributed by atoms with Gasteiger partial charge in [0, 0.05) is 10.7 Å². The average molecular weight is 408 g/mol. The van der Waals surface area contributed by atoms with Crippen LogP contribution in [-0.2, 0) is 4.74 Å². The average Bonchev–Trinajstić information content (AvgIpc) is 2.95. The molecular weight excluding hydrogens is 392 g/mol. The quantitative estimate of drug-likeness (QED) is 0.511. The molecule has 0 unspecified atom stereocenters. The lowest BCUT2D eigenvalue weighted by molar-refractivity contribution is -0.239. The number of aromatic amines is 1. The number of ether oxygens (including phenoxy) is 2. The fourth-order valence-corrected chi connectivity index (χ4v) is 3.14. The Bertz CT molecular complexity index is 710. The van der Waals surface area contributed by atoms with Crippen LogP contribution in [0.5, 0.6) is 5.75 Å². The number of hydrogen-bond donors (Lipinski definition) is 5. The summed E-state index contributed by atoms with van der Waals surface area (Å²) in [6.07, 6.45) is -2.99. The Labute approximate surface area is 145 Å². The van der Waals surface area contributed by atoms with Crippen LogP contribution in [0, 0.1) is 0 Å². The number of H-pyrrole nitrogens is 1. The molecule has 0 amide bonds. The van der Waals surface area contributed by atoms with E-state index in [1.807, 2.05) is 6.07 Å². The molecule has 1 aromatic carbocycles. The lowest BCUT2D eigenvalue weighted by Gasteiger charge is -2.40. The molecule has 1 aromatic heterocycles. The predicted octanol–water partition coefficient (Wildman–Crippen LogP) is 0.729. The molecule has 0 bridgehead atoms. The number of aliphatic hydroxyl groups excluding tert-OH is 3. The van der Waals surface area contributed by atoms with Gasteiger partial charge in [0.2, 0.25) is 6.29 Å². The normalized spacial score (nSPS) is 31.5. The third kappa shape index (κ3) is 2.96. The topological polar surface area (TPSA) is 121 Å². The zero-order valence-corrected chi connectivity index (χ0v) is 14.2. The highest BCUT2D eigenvalue weighted by molar-refractivity contribution is 9.10. The molecule has 1 fully saturated rings. The fourth-order valence-electron chi connectivity index (χ4n) is 2.55. The van der Waals surface area contributed by atoms with Gasteiger partial charge in [0.1, 0.15) is 24.1 Å². The van der Waals surface area contributed by atoms with Gasteiger partial charge in [-0.1, -0.05) is 11.6 Å². The van der Waals surface area contributed by atoms with Crippen molar-refractivity contribution in [2.75, 3.05) is 6.61 Å². The number of hydrogen-bond acceptors (Lipinski definition) is 6. The van der Waals surface area contributed by atoms with Crippen LogP contribution in [0.2, 0.25) is 5.02 Å². The molecule has 0 spiro atoms. The number of benzene rings is 1. The Morgan fingerprint density at radius 1 is 1.35 bits per heavy atom. The zero-order valence-electron chi connectivity index (χ0n) is 11.8. The van der Waals surface area contributed by atoms with Crippen LogP contribution < -0.4 is 10.5 Å². The van der Waals surface area contributed by atoms with Crippen molar-refractivity contribution in [3.8, 4) is 5.75 Å². The van der Waals surface area contributed by atoms with Crippen LogP contribution in [0.3, 0.4) is 0 Å². The van der Waals surface area contributed by atoms with E-state index in [0.717, 1.165) is 5.52 Å². The minimum absolute atomic E-state index is 0.395. The maximum absolute atomic E-state index is 9.97. The van der Waals surface area contributed by atoms with Gasteiger partial charge >= 0.3 is 0 Å². The Morgan fingerprint density at radius 2 is 2.09 bits per heavy atom. The van der Waals surface area contributed by atoms with Gasteiger partial charge in [0.25, 0.3) is 0 Å². The maximum atomic E-state index is 9.97. The summed E-state index contributed by atoms with van der Waals surface area (Å²) in [4.78, 5) is 3.02. The van der Waals surface area contributed by atoms with E-state index in [2.05, 4.69) is 20.9 Å². The van der Waals surface area contributed by atoms with Crippen molar-refractivity contribution in [3.05, 3.63) is 27.8 Å². The van der Waals surface area contributed by atoms with Crippen molar-refractivity contribution >= 4 is 38.4 Å². The summed E-state index contributed by atoms with van der Waals surface area (Å²) in [7, 11) is 0. The van der Waals surface area contributed by atoms with E-state index in [0.29, 0.717) is 20.6 Å². The predicted molar refractivity (Wildman–Crippen MR) is 87.4 cm³/mol. The number of halogens is 2. The maximum Gasteiger partial charge on any atom is 0.218 e. The molecule has 5 atom stereocenters. The van der Waals surface area contributed by atoms with Crippen molar-refractivity contribution in [1.29, 1.82) is 0 Å². The summed E-state index contributed by atoms with van der Waals surface area (Å²) >= 11 is 9.63. The minimum atomic E-state index is -1.28. The van der Waals surface area contributed by atoms with E-state index in [9.17, 15) is 15.3 Å². The van der Waals surface area contributed by atoms with Gasteiger partial charge in [-0.15, -0.1) is 0 Å². The molecule has 2 heterocycles. The number of nitrogens with two attached hydrogens (primary N) is 1. The summed E-state index contributed by atoms with van der Waals surface area (Å²) in [5.41, 5.74) is 6.63. The molecule has 2 aromatic rings. The largest absolute Gasteiger partial charge is 0.461 e. The summed E-state index contributed by atoms with van der Waals surface area (Å²) in [5.74, 6) is 0.395. The lowest BCUT2D eigenvalue weighted by Crippen LogP contribution is -2.63. The van der Waals surface area contributed by atoms with Gasteiger partial charge < -0.3 is 35.5 Å². The van der Waals surface area contributed by atoms with Crippen LogP contribution in [0.4, 0.5) is 0 Å². The minimum Gasteiger partial charge on any atom is -0.461 e. The molecule has 1 aliphatic rings. The Kier molecular flexibility index (Phi) is 4.84. The number of fused-ring (bicyclic) bond motifs is 1. The van der Waals surface area contributed by atoms with E-state index < -0.39 is 37.3 Å². The molecule has 3 rings (SSSR count). The highest BCUT2D eigenvalue weighted by Crippen LogP contribution is 2.38. The van der Waals surface area contributed by atoms with E-state index in [-0.39, 0.29) is 0 Å². The third-order valence-electron chi connectivity index (χ3n) is 3.87. The van der Waals surface area contributed by atoms with Gasteiger partial charge in [-0.05, 0) is 28.1 Å². The smallest absolute Gasteiger partial charge is 0.218 e. The Balaban J connectivity index is 1.91. The molecule has 7 nitrogen and oxygen atoms in total. The van der Waals surface area contributed by atoms with Crippen molar-refractivity contribution in [2.24, 2.45) is 5.73 Å². The molecule has 23 heavy (non-hydrogen) atoms. The first-order chi connectivity index (χ1) is 10.9. The van der Waals surface area contributed by atoms with Crippen LogP contribution in [0.25, 0.3) is 10.9 Å². The molecule has 126 valence electrons. The first kappa shape index (κ1) is 17.0. The van der Waals surface area contributed by atoms with Gasteiger partial charge in [0.05, 0.1) is 28.6 Å². The second-order valence-corrected chi connectivity index (χ2v) is 6.57. The van der Waals surface area contributed by atoms with Crippen molar-refractivity contribution < 1.29 is 24.8 Å². The highest BCUT2D eigenvalue weighted by atomic mass is 79.9. The van der Waals surface area contributed by atoms with Crippen LogP contribution in [0.1, 0.15) is 0 Å². The summed E-state index contributed by atoms with van der Waals surface area (Å²) in [6, 6.07) is 2.65. The number of rotatable bonds is 3. The monoisotopic (exact) mass is 406 g/mol. The SMILES string of the molecule is N[C@H]1[C@H](Oc2c[nH]c3ccc(Br)c(Cl)c23)O[C@H](CO)[C@@H](O)[C@@H]1O. The second-order valence-electron chi connectivity index (χ2n) is 5.34. The van der Waals surface area contributed by atoms with E-state index in [4.69, 9.17) is 26.8 Å². The second kappa shape index (κ2) is 6.56. The van der Waals surface area contributed by atoms with E-state index >= 15 is 0 Å². The number of nitrogens with one attached hydrogen (secondary N) is 1. The van der Waals surface area contributed by atoms with Crippen LogP contribution in [0.15, 0.2) is 22.8 Å². The van der Waals surface area contributed by atoms with Crippen LogP contribution >= 0.6 is 27.5 Å². The molecule has 0 aliphatic carbocycles. The zero-order chi connectivity index (χ0) is 16.7. The molecule has 1 aliphatic heterocycles. The third-order valence-corrected chi connectivity index (χ3v) is 5.15. The Morgan fingerprint density at radius 3 is 2.78 bits per heavy atom. The molecule has 0 radical (unpaired) electrons. The van der Waals surface area contributed by atoms with Crippen molar-refractivity contribution in [3.63, 3.8) is 0 Å². The number of aromatic nitrogens is 1. The summed E-state index contributed by atoms with van der Waals surface area (Å²) in [5, 5.41) is 30.1. The van der Waals surface area contributed by atoms with Gasteiger partial charge in [0.15, 0.2) is 0 Å². The Hall–Kier alpha value is -0.870. The molecule has 9 heteroatoms. The van der Waals surface area contributed by atoms with Gasteiger partial charge in [-0.3, -0.25) is 0 Å². The van der Waals surface area contributed by atoms with Gasteiger partial charge in [-0.2, -0.15) is 0 Å². The fraction of sp³-hybridized carbons (Fsp3) is 0.429. The summed E-state index contributed by atoms with van der Waals surface area (Å²) in [6.45, 7) is -0.467. The molecule has 0 saturated carbocycles.